The zero-order valence-electron chi connectivity index (χ0n) is 38.7. The summed E-state index contributed by atoms with van der Waals surface area (Å²) < 4.78 is 50.4. The van der Waals surface area contributed by atoms with Gasteiger partial charge in [-0.1, -0.05) is 75.1 Å². The Labute approximate surface area is 389 Å². The van der Waals surface area contributed by atoms with Crippen molar-refractivity contribution in [2.45, 2.75) is 89.9 Å². The van der Waals surface area contributed by atoms with Crippen molar-refractivity contribution in [1.82, 2.24) is 0 Å². The quantitative estimate of drug-likeness (QED) is 0.0207. The summed E-state index contributed by atoms with van der Waals surface area (Å²) in [6, 6.07) is 24.4. The number of hydrogen-bond acceptors (Lipinski definition) is 10. The van der Waals surface area contributed by atoms with Crippen LogP contribution in [0.2, 0.25) is 5.02 Å². The SMILES string of the molecule is [2H]c1cc(Cl)c(OC(=O)c2ccc(OC(=O)c3ccc(OCCCCCCCCC=C)cc3)cc2)c([2H])c1OC(=O)c1ccc(OC(=O)c2ccc(OCCCCCCCCC=C)cc2)cc1. The minimum Gasteiger partial charge on any atom is -0.494 e. The lowest BCUT2D eigenvalue weighted by molar-refractivity contribution is 0.0723. The first-order valence-corrected chi connectivity index (χ1v) is 22.5. The first kappa shape index (κ1) is 46.3. The van der Waals surface area contributed by atoms with E-state index >= 15 is 0 Å². The zero-order valence-corrected chi connectivity index (χ0v) is 37.4. The molecule has 0 saturated heterocycles. The van der Waals surface area contributed by atoms with E-state index in [1.165, 1.54) is 99.9 Å². The van der Waals surface area contributed by atoms with Crippen LogP contribution >= 0.6 is 11.6 Å². The van der Waals surface area contributed by atoms with Crippen LogP contribution in [-0.2, 0) is 0 Å². The zero-order chi connectivity index (χ0) is 47.8. The molecule has 0 spiro atoms. The predicted octanol–water partition coefficient (Wildman–Crippen LogP) is 13.8. The van der Waals surface area contributed by atoms with Crippen molar-refractivity contribution in [3.63, 3.8) is 0 Å². The summed E-state index contributed by atoms with van der Waals surface area (Å²) in [4.78, 5) is 51.9. The Morgan fingerprint density at radius 1 is 0.431 bits per heavy atom. The molecule has 0 aromatic heterocycles. The summed E-state index contributed by atoms with van der Waals surface area (Å²) in [5.41, 5.74) is 0.679. The van der Waals surface area contributed by atoms with Crippen molar-refractivity contribution in [2.24, 2.45) is 0 Å². The maximum absolute atomic E-state index is 13.1. The molecule has 0 fully saturated rings. The Morgan fingerprint density at radius 3 is 1.14 bits per heavy atom. The van der Waals surface area contributed by atoms with Gasteiger partial charge in [0.05, 0.1) is 43.2 Å². The summed E-state index contributed by atoms with van der Waals surface area (Å²) in [6.07, 6.45) is 19.7. The summed E-state index contributed by atoms with van der Waals surface area (Å²) in [6.45, 7) is 8.69. The molecule has 340 valence electrons. The molecule has 10 nitrogen and oxygen atoms in total. The molecule has 5 rings (SSSR count). The molecule has 0 N–H and O–H groups in total. The molecule has 0 saturated carbocycles. The van der Waals surface area contributed by atoms with E-state index in [-0.39, 0.29) is 27.6 Å². The van der Waals surface area contributed by atoms with Crippen molar-refractivity contribution in [3.8, 4) is 34.5 Å². The van der Waals surface area contributed by atoms with E-state index in [1.54, 1.807) is 48.5 Å². The fourth-order valence-corrected chi connectivity index (χ4v) is 6.57. The van der Waals surface area contributed by atoms with E-state index in [1.807, 2.05) is 12.2 Å². The van der Waals surface area contributed by atoms with Gasteiger partial charge in [0.15, 0.2) is 5.75 Å². The number of halogens is 1. The normalized spacial score (nSPS) is 11.1. The Balaban J connectivity index is 1.07. The minimum atomic E-state index is -0.931. The highest BCUT2D eigenvalue weighted by atomic mass is 35.5. The molecule has 0 atom stereocenters. The van der Waals surface area contributed by atoms with Gasteiger partial charge in [0.2, 0.25) is 0 Å². The highest BCUT2D eigenvalue weighted by Crippen LogP contribution is 2.31. The minimum absolute atomic E-state index is 0.0236. The molecular formula is C54H57ClO10. The van der Waals surface area contributed by atoms with Crippen LogP contribution in [0.5, 0.6) is 34.5 Å². The van der Waals surface area contributed by atoms with Gasteiger partial charge in [-0.25, -0.2) is 19.2 Å². The molecular weight excluding hydrogens is 844 g/mol. The molecule has 0 heterocycles. The predicted molar refractivity (Wildman–Crippen MR) is 253 cm³/mol. The Bertz CT molecular complexity index is 2240. The monoisotopic (exact) mass is 902 g/mol. The highest BCUT2D eigenvalue weighted by Gasteiger charge is 2.17. The molecule has 0 radical (unpaired) electrons. The lowest BCUT2D eigenvalue weighted by atomic mass is 10.1. The van der Waals surface area contributed by atoms with E-state index in [9.17, 15) is 19.2 Å². The molecule has 0 aliphatic heterocycles. The number of ether oxygens (including phenoxy) is 6. The van der Waals surface area contributed by atoms with Crippen LogP contribution in [0.3, 0.4) is 0 Å². The van der Waals surface area contributed by atoms with Gasteiger partial charge >= 0.3 is 23.9 Å². The van der Waals surface area contributed by atoms with Gasteiger partial charge in [-0.15, -0.1) is 13.2 Å². The van der Waals surface area contributed by atoms with Crippen LogP contribution in [0.4, 0.5) is 0 Å². The second-order valence-electron chi connectivity index (χ2n) is 15.2. The number of carbonyl (C=O) groups excluding carboxylic acids is 4. The molecule has 5 aromatic rings. The average molecular weight is 904 g/mol. The van der Waals surface area contributed by atoms with Crippen molar-refractivity contribution < 1.29 is 50.3 Å². The molecule has 11 heteroatoms. The fraction of sp³-hybridized carbons (Fsp3) is 0.296. The number of rotatable bonds is 28. The van der Waals surface area contributed by atoms with Crippen LogP contribution in [0.25, 0.3) is 0 Å². The molecule has 5 aromatic carbocycles. The molecule has 0 bridgehead atoms. The van der Waals surface area contributed by atoms with Gasteiger partial charge in [0.1, 0.15) is 28.7 Å². The van der Waals surface area contributed by atoms with Gasteiger partial charge in [0.25, 0.3) is 0 Å². The number of esters is 4. The molecule has 0 aliphatic rings. The molecule has 65 heavy (non-hydrogen) atoms. The van der Waals surface area contributed by atoms with Crippen molar-refractivity contribution in [2.75, 3.05) is 13.2 Å². The van der Waals surface area contributed by atoms with Crippen LogP contribution in [-0.4, -0.2) is 37.1 Å². The second-order valence-corrected chi connectivity index (χ2v) is 15.6. The fourth-order valence-electron chi connectivity index (χ4n) is 6.43. The van der Waals surface area contributed by atoms with Gasteiger partial charge in [0, 0.05) is 6.04 Å². The Hall–Kier alpha value is -6.65. The van der Waals surface area contributed by atoms with Crippen molar-refractivity contribution in [1.29, 1.82) is 0 Å². The van der Waals surface area contributed by atoms with Crippen LogP contribution in [0.1, 0.15) is 134 Å². The van der Waals surface area contributed by atoms with E-state index < -0.39 is 47.5 Å². The summed E-state index contributed by atoms with van der Waals surface area (Å²) in [7, 11) is 0. The van der Waals surface area contributed by atoms with Gasteiger partial charge in [-0.2, -0.15) is 0 Å². The average Bonchev–Trinajstić information content (AvgIpc) is 3.33. The lowest BCUT2D eigenvalue weighted by Gasteiger charge is -2.10. The summed E-state index contributed by atoms with van der Waals surface area (Å²) >= 11 is 6.29. The third-order valence-corrected chi connectivity index (χ3v) is 10.4. The number of allylic oxidation sites excluding steroid dienone is 2. The lowest BCUT2D eigenvalue weighted by Crippen LogP contribution is -2.11. The smallest absolute Gasteiger partial charge is 0.343 e. The van der Waals surface area contributed by atoms with Crippen LogP contribution < -0.4 is 28.4 Å². The van der Waals surface area contributed by atoms with Crippen molar-refractivity contribution in [3.05, 3.63) is 168 Å². The van der Waals surface area contributed by atoms with E-state index in [2.05, 4.69) is 13.2 Å². The molecule has 0 aliphatic carbocycles. The largest absolute Gasteiger partial charge is 0.494 e. The van der Waals surface area contributed by atoms with Gasteiger partial charge in [-0.3, -0.25) is 0 Å². The van der Waals surface area contributed by atoms with E-state index in [4.69, 9.17) is 42.8 Å². The van der Waals surface area contributed by atoms with E-state index in [0.29, 0.717) is 35.8 Å². The van der Waals surface area contributed by atoms with Gasteiger partial charge < -0.3 is 28.4 Å². The molecule has 0 unspecified atom stereocenters. The number of unbranched alkanes of at least 4 members (excludes halogenated alkanes) is 12. The van der Waals surface area contributed by atoms with E-state index in [0.717, 1.165) is 44.6 Å². The number of carbonyl (C=O) groups is 4. The number of benzene rings is 5. The second kappa shape index (κ2) is 27.5. The Morgan fingerprint density at radius 2 is 0.754 bits per heavy atom. The topological polar surface area (TPSA) is 124 Å². The standard InChI is InChI=1S/C54H57ClO10/c1-3-5-7-9-11-13-15-17-37-60-44-27-19-40(20-28-44)51(56)62-46-31-23-42(24-32-46)53(58)64-48-35-36-49(55)50(39-48)65-54(59)43-25-33-47(34-26-43)63-52(57)41-21-29-45(30-22-41)61-38-18-16-14-12-10-8-6-4-2/h3-4,19-36,39H,1-2,5-18,37-38H2/i35D,39D. The first-order valence-electron chi connectivity index (χ1n) is 23.1. The molecule has 0 amide bonds. The Kier molecular flexibility index (Phi) is 19.6. The number of hydrogen-bond donors (Lipinski definition) is 0. The third kappa shape index (κ3) is 17.4. The maximum atomic E-state index is 13.1. The highest BCUT2D eigenvalue weighted by molar-refractivity contribution is 6.32. The maximum Gasteiger partial charge on any atom is 0.343 e. The van der Waals surface area contributed by atoms with Crippen LogP contribution in [0, 0.1) is 0 Å². The van der Waals surface area contributed by atoms with Crippen molar-refractivity contribution >= 4 is 35.5 Å². The van der Waals surface area contributed by atoms with Gasteiger partial charge in [-0.05, 0) is 148 Å². The third-order valence-electron chi connectivity index (χ3n) is 10.1. The summed E-state index contributed by atoms with van der Waals surface area (Å²) in [5.74, 6) is -2.35. The van der Waals surface area contributed by atoms with Crippen LogP contribution in [0.15, 0.2) is 141 Å². The first-order chi connectivity index (χ1) is 32.6. The summed E-state index contributed by atoms with van der Waals surface area (Å²) in [5, 5.41) is -0.236.